The maximum Gasteiger partial charge on any atom is 0.236 e. The van der Waals surface area contributed by atoms with Crippen LogP contribution in [0.3, 0.4) is 0 Å². The van der Waals surface area contributed by atoms with Crippen LogP contribution >= 0.6 is 11.6 Å². The van der Waals surface area contributed by atoms with Crippen LogP contribution in [0.15, 0.2) is 36.7 Å². The zero-order valence-electron chi connectivity index (χ0n) is 13.0. The van der Waals surface area contributed by atoms with Crippen molar-refractivity contribution >= 4 is 43.9 Å². The Kier molecular flexibility index (Phi) is 3.31. The van der Waals surface area contributed by atoms with Crippen molar-refractivity contribution in [2.45, 2.75) is 6.54 Å². The van der Waals surface area contributed by atoms with Crippen LogP contribution in [0.1, 0.15) is 5.69 Å². The van der Waals surface area contributed by atoms with Gasteiger partial charge in [-0.2, -0.15) is 0 Å². The minimum Gasteiger partial charge on any atom is -0.269 e. The molecule has 1 aliphatic heterocycles. The van der Waals surface area contributed by atoms with Crippen molar-refractivity contribution in [2.75, 3.05) is 18.3 Å². The highest BCUT2D eigenvalue weighted by molar-refractivity contribution is 7.89. The van der Waals surface area contributed by atoms with Gasteiger partial charge in [0, 0.05) is 18.6 Å². The van der Waals surface area contributed by atoms with Crippen molar-refractivity contribution in [2.24, 2.45) is 0 Å². The summed E-state index contributed by atoms with van der Waals surface area (Å²) in [5.74, 6) is 0. The fourth-order valence-corrected chi connectivity index (χ4v) is 4.02. The van der Waals surface area contributed by atoms with Gasteiger partial charge in [0.25, 0.3) is 0 Å². The molecule has 0 amide bonds. The SMILES string of the molecule is CN1Cc2nc(Cl)ncc2N1c1cccc2ccn(S(C)(=O)=O)c12. The Hall–Kier alpha value is -2.16. The van der Waals surface area contributed by atoms with Crippen LogP contribution in [-0.4, -0.2) is 40.7 Å². The molecule has 0 saturated heterocycles. The van der Waals surface area contributed by atoms with E-state index < -0.39 is 10.0 Å². The van der Waals surface area contributed by atoms with Crippen molar-refractivity contribution in [1.29, 1.82) is 0 Å². The lowest BCUT2D eigenvalue weighted by atomic mass is 10.2. The van der Waals surface area contributed by atoms with Gasteiger partial charge in [-0.05, 0) is 23.7 Å². The van der Waals surface area contributed by atoms with Gasteiger partial charge in [-0.1, -0.05) is 12.1 Å². The smallest absolute Gasteiger partial charge is 0.236 e. The van der Waals surface area contributed by atoms with Crippen LogP contribution in [0.5, 0.6) is 0 Å². The minimum absolute atomic E-state index is 0.196. The van der Waals surface area contributed by atoms with Crippen LogP contribution in [-0.2, 0) is 16.6 Å². The minimum atomic E-state index is -3.42. The standard InChI is InChI=1S/C15H14ClN5O2S/c1-19-9-11-13(8-17-15(16)18-11)21(19)12-5-3-4-10-6-7-20(14(10)12)24(2,22)23/h3-8H,9H2,1-2H3. The highest BCUT2D eigenvalue weighted by Gasteiger charge is 2.30. The molecule has 0 N–H and O–H groups in total. The quantitative estimate of drug-likeness (QED) is 0.651. The highest BCUT2D eigenvalue weighted by atomic mass is 35.5. The Bertz CT molecular complexity index is 1060. The Morgan fingerprint density at radius 2 is 2.00 bits per heavy atom. The van der Waals surface area contributed by atoms with E-state index in [-0.39, 0.29) is 5.28 Å². The zero-order valence-corrected chi connectivity index (χ0v) is 14.6. The average molecular weight is 364 g/mol. The predicted octanol–water partition coefficient (Wildman–Crippen LogP) is 2.39. The largest absolute Gasteiger partial charge is 0.269 e. The third-order valence-electron chi connectivity index (χ3n) is 4.01. The first kappa shape index (κ1) is 15.4. The van der Waals surface area contributed by atoms with Crippen LogP contribution < -0.4 is 5.01 Å². The summed E-state index contributed by atoms with van der Waals surface area (Å²) < 4.78 is 25.6. The Balaban J connectivity index is 2.00. The lowest BCUT2D eigenvalue weighted by Crippen LogP contribution is -2.30. The Morgan fingerprint density at radius 3 is 2.75 bits per heavy atom. The van der Waals surface area contributed by atoms with E-state index in [9.17, 15) is 8.42 Å². The van der Waals surface area contributed by atoms with E-state index in [1.165, 1.54) is 10.2 Å². The second kappa shape index (κ2) is 5.17. The van der Waals surface area contributed by atoms with E-state index in [0.29, 0.717) is 12.1 Å². The molecule has 1 aliphatic rings. The molecule has 0 aliphatic carbocycles. The molecule has 0 spiro atoms. The number of benzene rings is 1. The molecule has 0 radical (unpaired) electrons. The van der Waals surface area contributed by atoms with Gasteiger partial charge in [-0.3, -0.25) is 5.01 Å². The molecule has 4 rings (SSSR count). The Labute approximate surface area is 144 Å². The number of hydrazine groups is 1. The molecule has 0 fully saturated rings. The third kappa shape index (κ3) is 2.26. The molecule has 24 heavy (non-hydrogen) atoms. The first-order valence-electron chi connectivity index (χ1n) is 7.19. The molecule has 1 aromatic carbocycles. The first-order valence-corrected chi connectivity index (χ1v) is 9.42. The van der Waals surface area contributed by atoms with Gasteiger partial charge >= 0.3 is 0 Å². The first-order chi connectivity index (χ1) is 11.4. The average Bonchev–Trinajstić information content (AvgIpc) is 3.06. The predicted molar refractivity (Wildman–Crippen MR) is 92.8 cm³/mol. The van der Waals surface area contributed by atoms with E-state index in [0.717, 1.165) is 22.5 Å². The van der Waals surface area contributed by atoms with E-state index in [2.05, 4.69) is 9.97 Å². The van der Waals surface area contributed by atoms with Gasteiger partial charge in [0.15, 0.2) is 0 Å². The lowest BCUT2D eigenvalue weighted by Gasteiger charge is -2.27. The molecule has 0 atom stereocenters. The third-order valence-corrected chi connectivity index (χ3v) is 5.21. The summed E-state index contributed by atoms with van der Waals surface area (Å²) in [5.41, 5.74) is 2.95. The van der Waals surface area contributed by atoms with Gasteiger partial charge in [0.1, 0.15) is 0 Å². The van der Waals surface area contributed by atoms with Gasteiger partial charge in [0.05, 0.1) is 41.6 Å². The number of hydrogen-bond acceptors (Lipinski definition) is 6. The monoisotopic (exact) mass is 363 g/mol. The molecule has 124 valence electrons. The van der Waals surface area contributed by atoms with Crippen LogP contribution in [0.2, 0.25) is 5.28 Å². The number of aromatic nitrogens is 3. The molecular formula is C15H14ClN5O2S. The molecule has 0 saturated carbocycles. The molecule has 7 nitrogen and oxygen atoms in total. The number of rotatable bonds is 2. The summed E-state index contributed by atoms with van der Waals surface area (Å²) in [6, 6.07) is 7.45. The van der Waals surface area contributed by atoms with Crippen molar-refractivity contribution < 1.29 is 8.42 Å². The van der Waals surface area contributed by atoms with Gasteiger partial charge in [-0.25, -0.2) is 27.4 Å². The van der Waals surface area contributed by atoms with Crippen molar-refractivity contribution in [3.63, 3.8) is 0 Å². The zero-order chi connectivity index (χ0) is 17.1. The summed E-state index contributed by atoms with van der Waals surface area (Å²) in [4.78, 5) is 8.33. The fraction of sp³-hybridized carbons (Fsp3) is 0.200. The van der Waals surface area contributed by atoms with Gasteiger partial charge in [-0.15, -0.1) is 0 Å². The van der Waals surface area contributed by atoms with Crippen LogP contribution in [0.25, 0.3) is 10.9 Å². The van der Waals surface area contributed by atoms with Gasteiger partial charge in [0.2, 0.25) is 15.3 Å². The van der Waals surface area contributed by atoms with Crippen LogP contribution in [0.4, 0.5) is 11.4 Å². The lowest BCUT2D eigenvalue weighted by molar-refractivity contribution is 0.359. The molecular weight excluding hydrogens is 350 g/mol. The number of fused-ring (bicyclic) bond motifs is 2. The fourth-order valence-electron chi connectivity index (χ4n) is 3.06. The molecule has 3 aromatic rings. The molecule has 2 aromatic heterocycles. The van der Waals surface area contributed by atoms with Crippen molar-refractivity contribution in [3.05, 3.63) is 47.6 Å². The second-order valence-corrected chi connectivity index (χ2v) is 7.89. The van der Waals surface area contributed by atoms with E-state index in [1.807, 2.05) is 35.3 Å². The highest BCUT2D eigenvalue weighted by Crippen LogP contribution is 2.39. The topological polar surface area (TPSA) is 71.3 Å². The van der Waals surface area contributed by atoms with E-state index >= 15 is 0 Å². The van der Waals surface area contributed by atoms with Crippen LogP contribution in [0, 0.1) is 0 Å². The number of para-hydroxylation sites is 1. The van der Waals surface area contributed by atoms with E-state index in [1.54, 1.807) is 18.5 Å². The second-order valence-electron chi connectivity index (χ2n) is 5.69. The molecule has 0 bridgehead atoms. The number of nitrogens with zero attached hydrogens (tertiary/aromatic N) is 5. The van der Waals surface area contributed by atoms with Crippen molar-refractivity contribution in [1.82, 2.24) is 18.9 Å². The number of anilines is 2. The molecule has 0 unspecified atom stereocenters. The summed E-state index contributed by atoms with van der Waals surface area (Å²) in [5, 5.41) is 4.90. The van der Waals surface area contributed by atoms with E-state index in [4.69, 9.17) is 11.6 Å². The summed E-state index contributed by atoms with van der Waals surface area (Å²) in [6.07, 6.45) is 4.41. The van der Waals surface area contributed by atoms with Crippen molar-refractivity contribution in [3.8, 4) is 0 Å². The normalized spacial score (nSPS) is 15.2. The maximum atomic E-state index is 12.1. The number of halogens is 1. The maximum absolute atomic E-state index is 12.1. The summed E-state index contributed by atoms with van der Waals surface area (Å²) >= 11 is 5.88. The summed E-state index contributed by atoms with van der Waals surface area (Å²) in [6.45, 7) is 0.563. The number of hydrogen-bond donors (Lipinski definition) is 0. The molecule has 3 heterocycles. The Morgan fingerprint density at radius 1 is 1.21 bits per heavy atom. The van der Waals surface area contributed by atoms with Gasteiger partial charge < -0.3 is 0 Å². The summed E-state index contributed by atoms with van der Waals surface area (Å²) in [7, 11) is -1.52. The molecule has 9 heteroatoms.